The minimum absolute atomic E-state index is 0.207. The molecule has 4 heteroatoms. The normalized spacial score (nSPS) is 14.1. The van der Waals surface area contributed by atoms with E-state index in [1.165, 1.54) is 66.4 Å². The number of hydrogen-bond acceptors (Lipinski definition) is 4. The van der Waals surface area contributed by atoms with Gasteiger partial charge in [0, 0.05) is 28.2 Å². The van der Waals surface area contributed by atoms with Crippen molar-refractivity contribution in [3.63, 3.8) is 0 Å². The number of hydrogen-bond donors (Lipinski definition) is 0. The van der Waals surface area contributed by atoms with Crippen molar-refractivity contribution in [2.24, 2.45) is 0 Å². The van der Waals surface area contributed by atoms with Gasteiger partial charge in [-0.1, -0.05) is 172 Å². The van der Waals surface area contributed by atoms with Crippen LogP contribution in [0.5, 0.6) is 0 Å². The van der Waals surface area contributed by atoms with Crippen molar-refractivity contribution in [2.75, 3.05) is 19.6 Å². The van der Waals surface area contributed by atoms with E-state index in [4.69, 9.17) is 0 Å². The summed E-state index contributed by atoms with van der Waals surface area (Å²) in [6.07, 6.45) is 4.62. The second kappa shape index (κ2) is 15.8. The van der Waals surface area contributed by atoms with Gasteiger partial charge in [-0.05, 0) is 163 Å². The Morgan fingerprint density at radius 1 is 0.288 bits per heavy atom. The van der Waals surface area contributed by atoms with E-state index in [0.717, 1.165) is 68.2 Å². The predicted octanol–water partition coefficient (Wildman–Crippen LogP) is 19.5. The van der Waals surface area contributed by atoms with E-state index in [2.05, 4.69) is 288 Å². The van der Waals surface area contributed by atoms with Crippen molar-refractivity contribution in [3.8, 4) is 33.4 Å². The molecular weight excluding hydrogens is 885 g/mol. The average Bonchev–Trinajstić information content (AvgIpc) is 3.88. The molecule has 11 aromatic carbocycles. The molecule has 0 saturated carbocycles. The zero-order valence-electron chi connectivity index (χ0n) is 40.5. The lowest BCUT2D eigenvalue weighted by Crippen LogP contribution is -2.24. The molecule has 0 spiro atoms. The van der Waals surface area contributed by atoms with Crippen LogP contribution < -0.4 is 19.6 Å². The SMILES string of the molecule is CC1(C)c2cc(C=Cc3ccc4c5c(cccc35)-c3cc(N5c6ccccc6N(c6ccccc6)c6ccccc65)ccc3-4)ccc2-c2ccc(N3c4ccccc4N(c4ccccc4)c4ccccc43)cc21. The van der Waals surface area contributed by atoms with Gasteiger partial charge < -0.3 is 19.6 Å². The van der Waals surface area contributed by atoms with Crippen LogP contribution in [-0.2, 0) is 5.41 Å². The first kappa shape index (κ1) is 41.4. The first-order valence-corrected chi connectivity index (χ1v) is 25.3. The van der Waals surface area contributed by atoms with Gasteiger partial charge in [0.05, 0.1) is 45.5 Å². The Labute approximate surface area is 426 Å². The van der Waals surface area contributed by atoms with Crippen molar-refractivity contribution in [1.82, 2.24) is 0 Å². The number of rotatable bonds is 6. The molecule has 2 aliphatic heterocycles. The Balaban J connectivity index is 0.755. The fourth-order valence-electron chi connectivity index (χ4n) is 12.5. The highest BCUT2D eigenvalue weighted by atomic mass is 15.3. The summed E-state index contributed by atoms with van der Waals surface area (Å²) in [4.78, 5) is 9.64. The minimum Gasteiger partial charge on any atom is -0.306 e. The van der Waals surface area contributed by atoms with Crippen molar-refractivity contribution in [3.05, 3.63) is 265 Å². The number of para-hydroxylation sites is 10. The zero-order valence-corrected chi connectivity index (χ0v) is 40.5. The van der Waals surface area contributed by atoms with Crippen LogP contribution in [0.4, 0.5) is 68.2 Å². The van der Waals surface area contributed by atoms with Crippen LogP contribution in [0.3, 0.4) is 0 Å². The fraction of sp³-hybridized carbons (Fsp3) is 0.0435. The highest BCUT2D eigenvalue weighted by Crippen LogP contribution is 2.58. The molecule has 0 radical (unpaired) electrons. The third-order valence-corrected chi connectivity index (χ3v) is 15.8. The summed E-state index contributed by atoms with van der Waals surface area (Å²) in [6, 6.07) is 89.1. The lowest BCUT2D eigenvalue weighted by Gasteiger charge is -2.40. The maximum Gasteiger partial charge on any atom is 0.0703 e. The maximum atomic E-state index is 2.44. The fourth-order valence-corrected chi connectivity index (χ4v) is 12.5. The van der Waals surface area contributed by atoms with Gasteiger partial charge in [-0.2, -0.15) is 0 Å². The van der Waals surface area contributed by atoms with Crippen LogP contribution in [0.15, 0.2) is 243 Å². The lowest BCUT2D eigenvalue weighted by molar-refractivity contribution is 0.660. The van der Waals surface area contributed by atoms with E-state index in [9.17, 15) is 0 Å². The van der Waals surface area contributed by atoms with E-state index in [1.54, 1.807) is 0 Å². The van der Waals surface area contributed by atoms with Gasteiger partial charge in [-0.15, -0.1) is 0 Å². The minimum atomic E-state index is -0.207. The van der Waals surface area contributed by atoms with Crippen LogP contribution in [0.1, 0.15) is 36.1 Å². The average molecular weight is 933 g/mol. The molecule has 11 aromatic rings. The van der Waals surface area contributed by atoms with Crippen LogP contribution in [-0.4, -0.2) is 0 Å². The first-order valence-electron chi connectivity index (χ1n) is 25.3. The molecule has 2 aliphatic carbocycles. The van der Waals surface area contributed by atoms with E-state index >= 15 is 0 Å². The zero-order chi connectivity index (χ0) is 48.4. The van der Waals surface area contributed by atoms with Crippen molar-refractivity contribution < 1.29 is 0 Å². The van der Waals surface area contributed by atoms with Crippen molar-refractivity contribution in [2.45, 2.75) is 19.3 Å². The molecule has 0 saturated heterocycles. The van der Waals surface area contributed by atoms with Gasteiger partial charge in [0.1, 0.15) is 0 Å². The van der Waals surface area contributed by atoms with Gasteiger partial charge in [0.25, 0.3) is 0 Å². The van der Waals surface area contributed by atoms with E-state index < -0.39 is 0 Å². The standard InChI is InChI=1S/C69H48N4/c1-69(2)58-42-45(33-38-53(58)54-41-37-50(44-59(54)69)73-66-30-15-11-26-62(66)71(48-20-7-4-8-21-48)63-27-12-16-31-67(63)73)32-34-46-35-39-56-52-40-36-49(43-57(52)55-23-17-22-51(46)68(55)56)72-64-28-13-9-24-60(64)70(47-18-5-3-6-19-47)61-25-10-14-29-65(61)72/h3-44H,1-2H3. The molecule has 0 N–H and O–H groups in total. The second-order valence-corrected chi connectivity index (χ2v) is 20.1. The molecule has 0 amide bonds. The number of fused-ring (bicyclic) bond motifs is 10. The third-order valence-electron chi connectivity index (χ3n) is 15.8. The number of nitrogens with zero attached hydrogens (tertiary/aromatic N) is 4. The molecule has 73 heavy (non-hydrogen) atoms. The monoisotopic (exact) mass is 932 g/mol. The molecule has 344 valence electrons. The Morgan fingerprint density at radius 2 is 0.699 bits per heavy atom. The largest absolute Gasteiger partial charge is 0.306 e. The maximum absolute atomic E-state index is 2.44. The summed E-state index contributed by atoms with van der Waals surface area (Å²) >= 11 is 0. The Morgan fingerprint density at radius 3 is 1.22 bits per heavy atom. The molecule has 15 rings (SSSR count). The molecule has 4 aliphatic rings. The first-order chi connectivity index (χ1) is 36.0. The van der Waals surface area contributed by atoms with Crippen LogP contribution >= 0.6 is 0 Å². The van der Waals surface area contributed by atoms with Gasteiger partial charge in [0.15, 0.2) is 0 Å². The van der Waals surface area contributed by atoms with Gasteiger partial charge in [-0.3, -0.25) is 0 Å². The van der Waals surface area contributed by atoms with Crippen LogP contribution in [0.25, 0.3) is 56.3 Å². The molecule has 0 fully saturated rings. The van der Waals surface area contributed by atoms with E-state index in [0.29, 0.717) is 0 Å². The molecule has 0 aromatic heterocycles. The third kappa shape index (κ3) is 6.14. The summed E-state index contributed by atoms with van der Waals surface area (Å²) in [6.45, 7) is 4.78. The highest BCUT2D eigenvalue weighted by molar-refractivity contribution is 6.18. The molecule has 4 nitrogen and oxygen atoms in total. The smallest absolute Gasteiger partial charge is 0.0703 e. The van der Waals surface area contributed by atoms with Crippen LogP contribution in [0.2, 0.25) is 0 Å². The molecule has 0 bridgehead atoms. The summed E-state index contributed by atoms with van der Waals surface area (Å²) in [7, 11) is 0. The Bertz CT molecular complexity index is 4000. The van der Waals surface area contributed by atoms with E-state index in [1.807, 2.05) is 0 Å². The quantitative estimate of drug-likeness (QED) is 0.154. The molecule has 0 unspecified atom stereocenters. The topological polar surface area (TPSA) is 13.0 Å². The van der Waals surface area contributed by atoms with Crippen molar-refractivity contribution in [1.29, 1.82) is 0 Å². The summed E-state index contributed by atoms with van der Waals surface area (Å²) in [5, 5.41) is 2.59. The van der Waals surface area contributed by atoms with Gasteiger partial charge in [0.2, 0.25) is 0 Å². The predicted molar refractivity (Wildman–Crippen MR) is 307 cm³/mol. The van der Waals surface area contributed by atoms with Crippen molar-refractivity contribution >= 4 is 91.2 Å². The molecule has 2 heterocycles. The summed E-state index contributed by atoms with van der Waals surface area (Å²) in [5.74, 6) is 0. The second-order valence-electron chi connectivity index (χ2n) is 20.1. The highest BCUT2D eigenvalue weighted by Gasteiger charge is 2.38. The summed E-state index contributed by atoms with van der Waals surface area (Å²) in [5.41, 5.74) is 26.5. The van der Waals surface area contributed by atoms with E-state index in [-0.39, 0.29) is 5.41 Å². The lowest BCUT2D eigenvalue weighted by atomic mass is 9.81. The Hall–Kier alpha value is -9.38. The van der Waals surface area contributed by atoms with Gasteiger partial charge in [-0.25, -0.2) is 0 Å². The number of benzene rings is 11. The number of anilines is 12. The summed E-state index contributed by atoms with van der Waals surface area (Å²) < 4.78 is 0. The molecule has 0 atom stereocenters. The Kier molecular flexibility index (Phi) is 8.97. The molecular formula is C69H48N4. The van der Waals surface area contributed by atoms with Gasteiger partial charge >= 0.3 is 0 Å². The van der Waals surface area contributed by atoms with Crippen LogP contribution in [0, 0.1) is 0 Å².